The lowest BCUT2D eigenvalue weighted by atomic mass is 10.1. The van der Waals surface area contributed by atoms with E-state index in [4.69, 9.17) is 14.9 Å². The Balaban J connectivity index is 1.80. The van der Waals surface area contributed by atoms with E-state index in [1.54, 1.807) is 36.4 Å². The van der Waals surface area contributed by atoms with Crippen LogP contribution in [-0.4, -0.2) is 49.5 Å². The van der Waals surface area contributed by atoms with Crippen LogP contribution in [0.4, 0.5) is 0 Å². The predicted molar refractivity (Wildman–Crippen MR) is 97.6 cm³/mol. The van der Waals surface area contributed by atoms with Gasteiger partial charge in [0.25, 0.3) is 0 Å². The molecule has 4 rings (SSSR count). The lowest BCUT2D eigenvalue weighted by Crippen LogP contribution is -2.01. The van der Waals surface area contributed by atoms with E-state index in [0.717, 1.165) is 10.8 Å². The van der Waals surface area contributed by atoms with Gasteiger partial charge in [-0.25, -0.2) is 4.79 Å². The van der Waals surface area contributed by atoms with E-state index in [0.29, 0.717) is 22.5 Å². The highest BCUT2D eigenvalue weighted by molar-refractivity contribution is 5.92. The quantitative estimate of drug-likeness (QED) is 0.497. The molecule has 0 aliphatic carbocycles. The molecule has 0 atom stereocenters. The van der Waals surface area contributed by atoms with Crippen molar-refractivity contribution in [2.24, 2.45) is 0 Å². The summed E-state index contributed by atoms with van der Waals surface area (Å²) in [5, 5.41) is 38.6. The Labute approximate surface area is 152 Å². The zero-order chi connectivity index (χ0) is 19.0. The van der Waals surface area contributed by atoms with Gasteiger partial charge in [-0.2, -0.15) is 0 Å². The van der Waals surface area contributed by atoms with Crippen LogP contribution in [0.15, 0.2) is 48.5 Å². The molecule has 0 fully saturated rings. The number of ether oxygens (including phenoxy) is 1. The first-order chi connectivity index (χ1) is 13.0. The van der Waals surface area contributed by atoms with Gasteiger partial charge in [0, 0.05) is 0 Å². The largest absolute Gasteiger partial charge is 0.506 e. The second-order valence-electron chi connectivity index (χ2n) is 5.92. The van der Waals surface area contributed by atoms with Crippen molar-refractivity contribution in [2.45, 2.75) is 0 Å². The van der Waals surface area contributed by atoms with Crippen LogP contribution in [0.5, 0.6) is 11.5 Å². The minimum atomic E-state index is -1.05. The zero-order valence-corrected chi connectivity index (χ0v) is 14.0. The summed E-state index contributed by atoms with van der Waals surface area (Å²) < 4.78 is 5.42. The zero-order valence-electron chi connectivity index (χ0n) is 14.0. The highest BCUT2D eigenvalue weighted by atomic mass is 16.5. The Kier molecular flexibility index (Phi) is 4.09. The van der Waals surface area contributed by atoms with Crippen molar-refractivity contribution >= 4 is 27.8 Å². The molecular weight excluding hydrogens is 350 g/mol. The number of aromatic hydroxyl groups is 1. The number of rotatable bonds is 5. The molecule has 0 bridgehead atoms. The molecule has 8 heteroatoms. The maximum atomic E-state index is 11.1. The molecule has 3 aromatic carbocycles. The van der Waals surface area contributed by atoms with Crippen molar-refractivity contribution in [1.82, 2.24) is 15.0 Å². The third kappa shape index (κ3) is 3.13. The third-order valence-corrected chi connectivity index (χ3v) is 4.11. The highest BCUT2D eigenvalue weighted by Gasteiger charge is 2.13. The maximum absolute atomic E-state index is 11.1. The molecule has 0 radical (unpaired) electrons. The van der Waals surface area contributed by atoms with Gasteiger partial charge >= 0.3 is 5.97 Å². The predicted octanol–water partition coefficient (Wildman–Crippen LogP) is 2.35. The summed E-state index contributed by atoms with van der Waals surface area (Å²) in [6.45, 7) is 0.107. The molecule has 0 amide bonds. The van der Waals surface area contributed by atoms with Gasteiger partial charge in [-0.1, -0.05) is 6.07 Å². The fraction of sp³-hybridized carbons (Fsp3) is 0.105. The van der Waals surface area contributed by atoms with Gasteiger partial charge in [0.15, 0.2) is 0 Å². The molecule has 4 aromatic rings. The second kappa shape index (κ2) is 6.58. The molecule has 0 aliphatic rings. The van der Waals surface area contributed by atoms with Crippen LogP contribution in [0.1, 0.15) is 10.4 Å². The fourth-order valence-corrected chi connectivity index (χ4v) is 2.82. The average Bonchev–Trinajstić information content (AvgIpc) is 3.08. The molecule has 0 spiro atoms. The summed E-state index contributed by atoms with van der Waals surface area (Å²) >= 11 is 0. The molecule has 3 N–H and O–H groups in total. The summed E-state index contributed by atoms with van der Waals surface area (Å²) in [5.41, 5.74) is 1.40. The third-order valence-electron chi connectivity index (χ3n) is 4.11. The first-order valence-corrected chi connectivity index (χ1v) is 8.16. The number of fused-ring (bicyclic) bond motifs is 2. The van der Waals surface area contributed by atoms with E-state index in [2.05, 4.69) is 10.2 Å². The number of carbonyl (C=O) groups is 1. The number of carboxylic acids is 1. The van der Waals surface area contributed by atoms with E-state index in [1.165, 1.54) is 16.9 Å². The van der Waals surface area contributed by atoms with E-state index in [9.17, 15) is 9.90 Å². The van der Waals surface area contributed by atoms with Crippen molar-refractivity contribution < 1.29 is 24.9 Å². The topological polar surface area (TPSA) is 118 Å². The van der Waals surface area contributed by atoms with Crippen molar-refractivity contribution in [3.8, 4) is 17.2 Å². The van der Waals surface area contributed by atoms with E-state index in [1.807, 2.05) is 0 Å². The van der Waals surface area contributed by atoms with E-state index < -0.39 is 5.97 Å². The second-order valence-corrected chi connectivity index (χ2v) is 5.92. The van der Waals surface area contributed by atoms with Crippen LogP contribution in [0.3, 0.4) is 0 Å². The number of carboxylic acid groups (broad SMARTS) is 1. The minimum absolute atomic E-state index is 0.00899. The van der Waals surface area contributed by atoms with Gasteiger partial charge in [0.05, 0.1) is 12.2 Å². The molecule has 136 valence electrons. The molecule has 0 saturated heterocycles. The first-order valence-electron chi connectivity index (χ1n) is 8.16. The van der Waals surface area contributed by atoms with Crippen molar-refractivity contribution in [3.05, 3.63) is 54.1 Å². The molecule has 0 saturated carbocycles. The molecule has 0 aliphatic heterocycles. The summed E-state index contributed by atoms with van der Waals surface area (Å²) in [4.78, 5) is 12.4. The van der Waals surface area contributed by atoms with Gasteiger partial charge < -0.3 is 20.1 Å². The van der Waals surface area contributed by atoms with Crippen molar-refractivity contribution in [1.29, 1.82) is 0 Å². The van der Waals surface area contributed by atoms with Crippen LogP contribution in [0.25, 0.3) is 27.5 Å². The smallest absolute Gasteiger partial charge is 0.335 e. The average molecular weight is 365 g/mol. The van der Waals surface area contributed by atoms with Crippen molar-refractivity contribution in [2.75, 3.05) is 13.2 Å². The number of hydrogen-bond acceptors (Lipinski definition) is 6. The monoisotopic (exact) mass is 365 g/mol. The number of aromatic carboxylic acids is 1. The number of aliphatic hydroxyl groups excluding tert-OH is 1. The molecule has 1 aromatic heterocycles. The summed E-state index contributed by atoms with van der Waals surface area (Å²) in [7, 11) is 0. The SMILES string of the molecule is O=C(O)c1ccc2nn(-c3cc4cc(OCCO)ccc4cc3O)nc2c1. The standard InChI is InChI=1S/C19H15N3O5/c23-5-6-27-14-3-1-11-10-18(24)17(9-13(11)7-14)22-20-15-4-2-12(19(25)26)8-16(15)21-22/h1-4,7-10,23-24H,5-6H2,(H,25,26). The number of hydrogen-bond donors (Lipinski definition) is 3. The Bertz CT molecular complexity index is 1170. The van der Waals surface area contributed by atoms with Gasteiger partial charge in [0.2, 0.25) is 0 Å². The van der Waals surface area contributed by atoms with E-state index in [-0.39, 0.29) is 24.5 Å². The Morgan fingerprint density at radius 2 is 1.81 bits per heavy atom. The fourth-order valence-electron chi connectivity index (χ4n) is 2.82. The maximum Gasteiger partial charge on any atom is 0.335 e. The van der Waals surface area contributed by atoms with Crippen LogP contribution in [-0.2, 0) is 0 Å². The Morgan fingerprint density at radius 3 is 2.59 bits per heavy atom. The summed E-state index contributed by atoms with van der Waals surface area (Å²) in [6.07, 6.45) is 0. The number of benzene rings is 3. The van der Waals surface area contributed by atoms with Crippen molar-refractivity contribution in [3.63, 3.8) is 0 Å². The summed E-state index contributed by atoms with van der Waals surface area (Å²) in [6, 6.07) is 13.1. The van der Waals surface area contributed by atoms with Crippen LogP contribution < -0.4 is 4.74 Å². The van der Waals surface area contributed by atoms with Gasteiger partial charge in [0.1, 0.15) is 34.8 Å². The van der Waals surface area contributed by atoms with Crippen LogP contribution in [0.2, 0.25) is 0 Å². The Morgan fingerprint density at radius 1 is 1.00 bits per heavy atom. The number of phenolic OH excluding ortho intramolecular Hbond substituents is 1. The number of aromatic nitrogens is 3. The van der Waals surface area contributed by atoms with E-state index >= 15 is 0 Å². The van der Waals surface area contributed by atoms with Gasteiger partial charge in [-0.05, 0) is 53.2 Å². The number of aliphatic hydroxyl groups is 1. The lowest BCUT2D eigenvalue weighted by Gasteiger charge is -2.08. The number of nitrogens with zero attached hydrogens (tertiary/aromatic N) is 3. The highest BCUT2D eigenvalue weighted by Crippen LogP contribution is 2.30. The van der Waals surface area contributed by atoms with Gasteiger partial charge in [-0.15, -0.1) is 15.0 Å². The first kappa shape index (κ1) is 16.8. The minimum Gasteiger partial charge on any atom is -0.506 e. The molecule has 0 unspecified atom stereocenters. The van der Waals surface area contributed by atoms with Crippen LogP contribution in [0, 0.1) is 0 Å². The molecular formula is C19H15N3O5. The van der Waals surface area contributed by atoms with Crippen LogP contribution >= 0.6 is 0 Å². The Hall–Kier alpha value is -3.65. The van der Waals surface area contributed by atoms with Gasteiger partial charge in [-0.3, -0.25) is 0 Å². The normalized spacial score (nSPS) is 11.1. The molecule has 8 nitrogen and oxygen atoms in total. The lowest BCUT2D eigenvalue weighted by molar-refractivity contribution is 0.0697. The molecule has 1 heterocycles. The summed E-state index contributed by atoms with van der Waals surface area (Å²) in [5.74, 6) is -0.460. The number of phenols is 1. The molecule has 27 heavy (non-hydrogen) atoms.